The Kier molecular flexibility index (Phi) is 2.97. The fraction of sp³-hybridized carbons (Fsp3) is 0.0500. The van der Waals surface area contributed by atoms with E-state index in [4.69, 9.17) is 32.7 Å². The van der Waals surface area contributed by atoms with E-state index in [-0.39, 0.29) is 0 Å². The summed E-state index contributed by atoms with van der Waals surface area (Å²) in [5, 5.41) is 0.696. The molecule has 0 fully saturated rings. The predicted molar refractivity (Wildman–Crippen MR) is 94.7 cm³/mol. The number of hydrogen-bond acceptors (Lipinski definition) is 3. The molecule has 1 spiro atoms. The van der Waals surface area contributed by atoms with Crippen molar-refractivity contribution in [3.05, 3.63) is 93.0 Å². The van der Waals surface area contributed by atoms with E-state index in [2.05, 4.69) is 0 Å². The van der Waals surface area contributed by atoms with E-state index in [0.717, 1.165) is 11.1 Å². The molecule has 0 saturated heterocycles. The highest BCUT2D eigenvalue weighted by Gasteiger charge is 2.54. The van der Waals surface area contributed by atoms with Gasteiger partial charge in [-0.2, -0.15) is 0 Å². The van der Waals surface area contributed by atoms with E-state index in [1.165, 1.54) is 0 Å². The van der Waals surface area contributed by atoms with Crippen molar-refractivity contribution in [2.45, 2.75) is 5.60 Å². The molecule has 5 rings (SSSR count). The fourth-order valence-corrected chi connectivity index (χ4v) is 4.10. The SMILES string of the molecule is O=C1OC2(c3ccccc3Oc3ccc(Cl)c(Cl)c32)c2ccccc21. The Hall–Kier alpha value is -2.49. The van der Waals surface area contributed by atoms with Crippen LogP contribution in [0.2, 0.25) is 10.0 Å². The number of benzene rings is 3. The molecule has 3 nitrogen and oxygen atoms in total. The summed E-state index contributed by atoms with van der Waals surface area (Å²) < 4.78 is 12.0. The minimum atomic E-state index is -1.17. The zero-order chi connectivity index (χ0) is 17.2. The van der Waals surface area contributed by atoms with Crippen LogP contribution in [0.25, 0.3) is 0 Å². The first kappa shape index (κ1) is 14.8. The molecule has 2 aliphatic rings. The van der Waals surface area contributed by atoms with Crippen molar-refractivity contribution in [2.24, 2.45) is 0 Å². The van der Waals surface area contributed by atoms with E-state index in [0.29, 0.717) is 32.7 Å². The third-order valence-corrected chi connectivity index (χ3v) is 5.47. The van der Waals surface area contributed by atoms with Gasteiger partial charge in [-0.25, -0.2) is 4.79 Å². The van der Waals surface area contributed by atoms with Gasteiger partial charge < -0.3 is 9.47 Å². The molecule has 2 heterocycles. The Labute approximate surface area is 153 Å². The van der Waals surface area contributed by atoms with Crippen LogP contribution in [0.5, 0.6) is 11.5 Å². The molecule has 0 N–H and O–H groups in total. The molecule has 122 valence electrons. The van der Waals surface area contributed by atoms with Crippen molar-refractivity contribution in [2.75, 3.05) is 0 Å². The van der Waals surface area contributed by atoms with Crippen molar-refractivity contribution in [3.63, 3.8) is 0 Å². The first-order chi connectivity index (χ1) is 12.1. The topological polar surface area (TPSA) is 35.5 Å². The molecule has 0 amide bonds. The number of carbonyl (C=O) groups excluding carboxylic acids is 1. The zero-order valence-electron chi connectivity index (χ0n) is 12.8. The molecule has 3 aromatic carbocycles. The lowest BCUT2D eigenvalue weighted by Crippen LogP contribution is -2.33. The third-order valence-electron chi connectivity index (χ3n) is 4.67. The highest BCUT2D eigenvalue weighted by Crippen LogP contribution is 2.58. The number of carbonyl (C=O) groups is 1. The highest BCUT2D eigenvalue weighted by molar-refractivity contribution is 6.42. The monoisotopic (exact) mass is 368 g/mol. The van der Waals surface area contributed by atoms with Gasteiger partial charge in [-0.05, 0) is 24.3 Å². The van der Waals surface area contributed by atoms with E-state index < -0.39 is 11.6 Å². The number of rotatable bonds is 0. The summed E-state index contributed by atoms with van der Waals surface area (Å²) in [6.45, 7) is 0. The molecule has 3 aromatic rings. The van der Waals surface area contributed by atoms with Gasteiger partial charge in [0.15, 0.2) is 5.60 Å². The van der Waals surface area contributed by atoms with Crippen LogP contribution in [0, 0.1) is 0 Å². The number of ether oxygens (including phenoxy) is 2. The average Bonchev–Trinajstić information content (AvgIpc) is 2.92. The van der Waals surface area contributed by atoms with Crippen LogP contribution >= 0.6 is 23.2 Å². The first-order valence-electron chi connectivity index (χ1n) is 7.71. The van der Waals surface area contributed by atoms with E-state index in [1.807, 2.05) is 42.5 Å². The normalized spacial score (nSPS) is 19.7. The minimum absolute atomic E-state index is 0.318. The maximum absolute atomic E-state index is 12.6. The second-order valence-electron chi connectivity index (χ2n) is 5.95. The van der Waals surface area contributed by atoms with Crippen LogP contribution in [-0.4, -0.2) is 5.97 Å². The summed E-state index contributed by atoms with van der Waals surface area (Å²) in [7, 11) is 0. The summed E-state index contributed by atoms with van der Waals surface area (Å²) >= 11 is 12.8. The van der Waals surface area contributed by atoms with Gasteiger partial charge in [0.1, 0.15) is 11.5 Å². The summed E-state index contributed by atoms with van der Waals surface area (Å²) in [6, 6.07) is 18.2. The molecule has 0 radical (unpaired) electrons. The molecule has 2 aliphatic heterocycles. The van der Waals surface area contributed by atoms with E-state index in [1.54, 1.807) is 18.2 Å². The number of fused-ring (bicyclic) bond motifs is 6. The Balaban J connectivity index is 1.96. The number of hydrogen-bond donors (Lipinski definition) is 0. The molecule has 1 atom stereocenters. The van der Waals surface area contributed by atoms with Crippen molar-refractivity contribution < 1.29 is 14.3 Å². The van der Waals surface area contributed by atoms with Gasteiger partial charge in [0, 0.05) is 11.1 Å². The molecule has 5 heteroatoms. The Morgan fingerprint density at radius 3 is 2.36 bits per heavy atom. The maximum Gasteiger partial charge on any atom is 0.340 e. The summed E-state index contributed by atoms with van der Waals surface area (Å²) in [4.78, 5) is 12.6. The van der Waals surface area contributed by atoms with Crippen molar-refractivity contribution in [1.82, 2.24) is 0 Å². The minimum Gasteiger partial charge on any atom is -0.456 e. The van der Waals surface area contributed by atoms with Crippen LogP contribution < -0.4 is 4.74 Å². The number of para-hydroxylation sites is 1. The molecule has 0 aliphatic carbocycles. The molecule has 25 heavy (non-hydrogen) atoms. The molecule has 0 aromatic heterocycles. The van der Waals surface area contributed by atoms with Crippen molar-refractivity contribution >= 4 is 29.2 Å². The summed E-state index contributed by atoms with van der Waals surface area (Å²) in [5.41, 5.74) is 1.37. The van der Waals surface area contributed by atoms with Crippen molar-refractivity contribution in [1.29, 1.82) is 0 Å². The van der Waals surface area contributed by atoms with Crippen LogP contribution in [0.1, 0.15) is 27.0 Å². The molecule has 0 bridgehead atoms. The number of esters is 1. The Bertz CT molecular complexity index is 1060. The van der Waals surface area contributed by atoms with Gasteiger partial charge in [-0.1, -0.05) is 59.6 Å². The molecule has 1 unspecified atom stereocenters. The smallest absolute Gasteiger partial charge is 0.340 e. The van der Waals surface area contributed by atoms with Gasteiger partial charge in [0.25, 0.3) is 0 Å². The lowest BCUT2D eigenvalue weighted by Gasteiger charge is -2.37. The van der Waals surface area contributed by atoms with Crippen LogP contribution in [-0.2, 0) is 10.3 Å². The fourth-order valence-electron chi connectivity index (χ4n) is 3.65. The lowest BCUT2D eigenvalue weighted by atomic mass is 9.77. The zero-order valence-corrected chi connectivity index (χ0v) is 14.3. The second-order valence-corrected chi connectivity index (χ2v) is 6.73. The molecule has 0 saturated carbocycles. The van der Waals surface area contributed by atoms with Crippen LogP contribution in [0.4, 0.5) is 0 Å². The van der Waals surface area contributed by atoms with Crippen LogP contribution in [0.3, 0.4) is 0 Å². The third kappa shape index (κ3) is 1.80. The summed E-state index contributed by atoms with van der Waals surface area (Å²) in [6.07, 6.45) is 0. The molecular formula is C20H10Cl2O3. The maximum atomic E-state index is 12.6. The Morgan fingerprint density at radius 2 is 1.52 bits per heavy atom. The standard InChI is InChI=1S/C20H10Cl2O3/c21-14-9-10-16-17(18(14)22)20(13-7-3-4-8-15(13)24-16)12-6-2-1-5-11(12)19(23)25-20/h1-10H. The average molecular weight is 369 g/mol. The second kappa shape index (κ2) is 5.01. The van der Waals surface area contributed by atoms with Gasteiger partial charge in [0.05, 0.1) is 21.2 Å². The molecular weight excluding hydrogens is 359 g/mol. The largest absolute Gasteiger partial charge is 0.456 e. The first-order valence-corrected chi connectivity index (χ1v) is 8.47. The van der Waals surface area contributed by atoms with Gasteiger partial charge in [0.2, 0.25) is 0 Å². The van der Waals surface area contributed by atoms with E-state index >= 15 is 0 Å². The van der Waals surface area contributed by atoms with Crippen LogP contribution in [0.15, 0.2) is 60.7 Å². The highest BCUT2D eigenvalue weighted by atomic mass is 35.5. The lowest BCUT2D eigenvalue weighted by molar-refractivity contribution is 0.0225. The van der Waals surface area contributed by atoms with Gasteiger partial charge >= 0.3 is 5.97 Å². The quantitative estimate of drug-likeness (QED) is 0.487. The number of halogens is 2. The van der Waals surface area contributed by atoms with Crippen molar-refractivity contribution in [3.8, 4) is 11.5 Å². The Morgan fingerprint density at radius 1 is 0.800 bits per heavy atom. The predicted octanol–water partition coefficient (Wildman–Crippen LogP) is 5.56. The van der Waals surface area contributed by atoms with Gasteiger partial charge in [-0.15, -0.1) is 0 Å². The summed E-state index contributed by atoms with van der Waals surface area (Å²) in [5.74, 6) is 0.754. The van der Waals surface area contributed by atoms with E-state index in [9.17, 15) is 4.79 Å². The van der Waals surface area contributed by atoms with Gasteiger partial charge in [-0.3, -0.25) is 0 Å².